The summed E-state index contributed by atoms with van der Waals surface area (Å²) in [5, 5.41) is 15.4. The number of benzene rings is 1. The first-order valence-electron chi connectivity index (χ1n) is 9.24. The summed E-state index contributed by atoms with van der Waals surface area (Å²) in [6, 6.07) is 11.6. The molecule has 1 aromatic heterocycles. The number of nitrogens with zero attached hydrogens (tertiary/aromatic N) is 3. The third kappa shape index (κ3) is 4.99. The number of amides is 2. The Balaban J connectivity index is 2.28. The predicted octanol–water partition coefficient (Wildman–Crippen LogP) is 3.30. The summed E-state index contributed by atoms with van der Waals surface area (Å²) in [5.41, 5.74) is 0.837. The number of carbonyl (C=O) groups is 2. The van der Waals surface area contributed by atoms with Gasteiger partial charge < -0.3 is 15.2 Å². The van der Waals surface area contributed by atoms with Gasteiger partial charge in [0.15, 0.2) is 0 Å². The Bertz CT molecular complexity index is 1050. The first-order chi connectivity index (χ1) is 13.8. The quantitative estimate of drug-likeness (QED) is 0.430. The molecule has 2 amide bonds. The fourth-order valence-electron chi connectivity index (χ4n) is 2.83. The smallest absolute Gasteiger partial charge is 0.272 e. The summed E-state index contributed by atoms with van der Waals surface area (Å²) in [7, 11) is 0. The van der Waals surface area contributed by atoms with Crippen LogP contribution in [0.25, 0.3) is 10.9 Å². The highest BCUT2D eigenvalue weighted by molar-refractivity contribution is 6.00. The van der Waals surface area contributed by atoms with E-state index in [4.69, 9.17) is 5.26 Å². The van der Waals surface area contributed by atoms with Gasteiger partial charge in [0.2, 0.25) is 0 Å². The lowest BCUT2D eigenvalue weighted by Crippen LogP contribution is -2.42. The zero-order chi connectivity index (χ0) is 21.6. The van der Waals surface area contributed by atoms with Gasteiger partial charge in [-0.15, -0.1) is 0 Å². The molecule has 0 saturated carbocycles. The lowest BCUT2D eigenvalue weighted by molar-refractivity contribution is -0.118. The standard InChI is InChI=1S/C22H25N5O2/c1-6-16(13-17(24-5)20(28)26-22(3,4)14-23)25-21(29)19-12-15-10-8-9-11-18(15)27(19)7-2/h6,8-13H,5,7H2,1-4H3,(H,25,29)(H,26,28)/b16-6+,17-13-. The van der Waals surface area contributed by atoms with Crippen molar-refractivity contribution < 1.29 is 9.59 Å². The van der Waals surface area contributed by atoms with Crippen molar-refractivity contribution in [2.24, 2.45) is 4.99 Å². The Hall–Kier alpha value is -3.66. The van der Waals surface area contributed by atoms with E-state index in [1.807, 2.05) is 47.9 Å². The van der Waals surface area contributed by atoms with Crippen LogP contribution in [0.2, 0.25) is 0 Å². The van der Waals surface area contributed by atoms with Crippen LogP contribution in [0.3, 0.4) is 0 Å². The van der Waals surface area contributed by atoms with Crippen molar-refractivity contribution in [2.75, 3.05) is 0 Å². The number of carbonyl (C=O) groups excluding carboxylic acids is 2. The molecule has 1 heterocycles. The predicted molar refractivity (Wildman–Crippen MR) is 114 cm³/mol. The number of nitrogens with one attached hydrogen (secondary N) is 2. The first kappa shape index (κ1) is 21.6. The Kier molecular flexibility index (Phi) is 6.73. The van der Waals surface area contributed by atoms with Gasteiger partial charge in [0.25, 0.3) is 11.8 Å². The molecule has 0 unspecified atom stereocenters. The van der Waals surface area contributed by atoms with E-state index in [9.17, 15) is 9.59 Å². The van der Waals surface area contributed by atoms with E-state index in [-0.39, 0.29) is 11.6 Å². The van der Waals surface area contributed by atoms with Crippen LogP contribution in [-0.2, 0) is 11.3 Å². The number of aliphatic imine (C=N–C) groups is 1. The van der Waals surface area contributed by atoms with Crippen LogP contribution in [0.4, 0.5) is 0 Å². The van der Waals surface area contributed by atoms with E-state index in [2.05, 4.69) is 22.3 Å². The molecule has 150 valence electrons. The Labute approximate surface area is 170 Å². The molecule has 0 aliphatic heterocycles. The maximum Gasteiger partial charge on any atom is 0.272 e. The van der Waals surface area contributed by atoms with Crippen LogP contribution < -0.4 is 10.6 Å². The van der Waals surface area contributed by atoms with Gasteiger partial charge in [-0.1, -0.05) is 24.3 Å². The van der Waals surface area contributed by atoms with Gasteiger partial charge in [0.1, 0.15) is 16.9 Å². The molecule has 0 atom stereocenters. The Morgan fingerprint density at radius 1 is 1.34 bits per heavy atom. The number of para-hydroxylation sites is 1. The summed E-state index contributed by atoms with van der Waals surface area (Å²) < 4.78 is 1.93. The van der Waals surface area contributed by atoms with Crippen LogP contribution >= 0.6 is 0 Å². The monoisotopic (exact) mass is 391 g/mol. The maximum atomic E-state index is 12.9. The van der Waals surface area contributed by atoms with E-state index in [0.717, 1.165) is 10.9 Å². The third-order valence-corrected chi connectivity index (χ3v) is 4.33. The molecule has 29 heavy (non-hydrogen) atoms. The average Bonchev–Trinajstić information content (AvgIpc) is 3.09. The van der Waals surface area contributed by atoms with E-state index in [1.165, 1.54) is 6.08 Å². The molecule has 0 aliphatic rings. The molecule has 0 fully saturated rings. The van der Waals surface area contributed by atoms with Crippen LogP contribution in [0.15, 0.2) is 58.9 Å². The van der Waals surface area contributed by atoms with E-state index in [0.29, 0.717) is 17.9 Å². The third-order valence-electron chi connectivity index (χ3n) is 4.33. The number of nitriles is 1. The zero-order valence-electron chi connectivity index (χ0n) is 17.1. The summed E-state index contributed by atoms with van der Waals surface area (Å²) in [4.78, 5) is 29.0. The minimum absolute atomic E-state index is 0.00207. The van der Waals surface area contributed by atoms with Gasteiger partial charge in [0, 0.05) is 23.1 Å². The maximum absolute atomic E-state index is 12.9. The molecule has 0 aliphatic carbocycles. The molecule has 0 radical (unpaired) electrons. The highest BCUT2D eigenvalue weighted by Gasteiger charge is 2.22. The summed E-state index contributed by atoms with van der Waals surface area (Å²) in [6.07, 6.45) is 3.08. The Morgan fingerprint density at radius 3 is 2.62 bits per heavy atom. The topological polar surface area (TPSA) is 99.3 Å². The molecule has 0 saturated heterocycles. The van der Waals surface area contributed by atoms with Crippen molar-refractivity contribution >= 4 is 29.4 Å². The van der Waals surface area contributed by atoms with Crippen LogP contribution in [0.5, 0.6) is 0 Å². The minimum atomic E-state index is -1.05. The number of aromatic nitrogens is 1. The average molecular weight is 391 g/mol. The second-order valence-corrected chi connectivity index (χ2v) is 6.91. The number of fused-ring (bicyclic) bond motifs is 1. The number of hydrogen-bond donors (Lipinski definition) is 2. The second-order valence-electron chi connectivity index (χ2n) is 6.91. The Morgan fingerprint density at radius 2 is 2.03 bits per heavy atom. The first-order valence-corrected chi connectivity index (χ1v) is 9.24. The van der Waals surface area contributed by atoms with Crippen molar-refractivity contribution in [3.8, 4) is 6.07 Å². The summed E-state index contributed by atoms with van der Waals surface area (Å²) in [5.74, 6) is -0.851. The zero-order valence-corrected chi connectivity index (χ0v) is 17.1. The van der Waals surface area contributed by atoms with Crippen molar-refractivity contribution in [3.05, 3.63) is 59.6 Å². The van der Waals surface area contributed by atoms with Crippen molar-refractivity contribution in [1.82, 2.24) is 15.2 Å². The number of rotatable bonds is 7. The lowest BCUT2D eigenvalue weighted by atomic mass is 10.1. The van der Waals surface area contributed by atoms with Crippen LogP contribution in [-0.4, -0.2) is 28.6 Å². The van der Waals surface area contributed by atoms with Crippen LogP contribution in [0.1, 0.15) is 38.2 Å². The van der Waals surface area contributed by atoms with Crippen molar-refractivity contribution in [1.29, 1.82) is 5.26 Å². The highest BCUT2D eigenvalue weighted by Crippen LogP contribution is 2.20. The molecule has 2 rings (SSSR count). The van der Waals surface area contributed by atoms with E-state index in [1.54, 1.807) is 26.8 Å². The molecule has 0 spiro atoms. The largest absolute Gasteiger partial charge is 0.337 e. The molecule has 7 nitrogen and oxygen atoms in total. The van der Waals surface area contributed by atoms with Crippen molar-refractivity contribution in [3.63, 3.8) is 0 Å². The summed E-state index contributed by atoms with van der Waals surface area (Å²) >= 11 is 0. The van der Waals surface area contributed by atoms with Gasteiger partial charge in [-0.3, -0.25) is 14.6 Å². The fourth-order valence-corrected chi connectivity index (χ4v) is 2.83. The van der Waals surface area contributed by atoms with E-state index < -0.39 is 11.4 Å². The molecule has 1 aromatic carbocycles. The number of allylic oxidation sites excluding steroid dienone is 2. The SMILES string of the molecule is C=N/C(=C\C(=C/C)NC(=O)c1cc2ccccc2n1CC)C(=O)NC(C)(C)C#N. The molecule has 0 bridgehead atoms. The fraction of sp³-hybridized carbons (Fsp3) is 0.273. The summed E-state index contributed by atoms with van der Waals surface area (Å²) in [6.45, 7) is 10.9. The van der Waals surface area contributed by atoms with Gasteiger partial charge in [-0.2, -0.15) is 5.26 Å². The van der Waals surface area contributed by atoms with Gasteiger partial charge in [0.05, 0.1) is 6.07 Å². The number of aryl methyl sites for hydroxylation is 1. The molecule has 7 heteroatoms. The second kappa shape index (κ2) is 9.02. The molecular weight excluding hydrogens is 366 g/mol. The van der Waals surface area contributed by atoms with Gasteiger partial charge in [-0.25, -0.2) is 0 Å². The molecule has 2 aromatic rings. The minimum Gasteiger partial charge on any atom is -0.337 e. The lowest BCUT2D eigenvalue weighted by Gasteiger charge is -2.17. The molecule has 2 N–H and O–H groups in total. The number of hydrogen-bond acceptors (Lipinski definition) is 4. The highest BCUT2D eigenvalue weighted by atomic mass is 16.2. The van der Waals surface area contributed by atoms with Gasteiger partial charge in [-0.05, 0) is 52.6 Å². The van der Waals surface area contributed by atoms with Gasteiger partial charge >= 0.3 is 0 Å². The normalized spacial score (nSPS) is 12.4. The van der Waals surface area contributed by atoms with E-state index >= 15 is 0 Å². The van der Waals surface area contributed by atoms with Crippen molar-refractivity contribution in [2.45, 2.75) is 39.8 Å². The van der Waals surface area contributed by atoms with Crippen LogP contribution in [0, 0.1) is 11.3 Å². The molecular formula is C22H25N5O2.